The molecule has 2 bridgehead atoms. The number of amides is 2. The van der Waals surface area contributed by atoms with Gasteiger partial charge < -0.3 is 29.0 Å². The van der Waals surface area contributed by atoms with E-state index in [2.05, 4.69) is 49.5 Å². The van der Waals surface area contributed by atoms with E-state index in [4.69, 9.17) is 18.3 Å². The summed E-state index contributed by atoms with van der Waals surface area (Å²) in [5, 5.41) is 6.14. The Balaban J connectivity index is 2.11. The van der Waals surface area contributed by atoms with E-state index in [9.17, 15) is 19.2 Å². The van der Waals surface area contributed by atoms with Crippen LogP contribution in [0.15, 0.2) is 64.6 Å². The first kappa shape index (κ1) is 48.3. The summed E-state index contributed by atoms with van der Waals surface area (Å²) in [6.07, 6.45) is 7.84. The topological polar surface area (TPSA) is 146 Å². The molecule has 0 saturated carbocycles. The number of hydrogen-bond donors (Lipinski definition) is 2. The highest BCUT2D eigenvalue weighted by Crippen LogP contribution is 2.38. The number of cyclic esters (lactones) is 1. The fourth-order valence-electron chi connectivity index (χ4n) is 6.19. The van der Waals surface area contributed by atoms with Crippen LogP contribution >= 0.6 is 0 Å². The molecule has 58 heavy (non-hydrogen) atoms. The Labute approximate surface area is 349 Å². The molecule has 2 amide bonds. The van der Waals surface area contributed by atoms with Crippen LogP contribution in [0, 0.1) is 11.8 Å². The van der Waals surface area contributed by atoms with Crippen LogP contribution < -0.4 is 20.8 Å². The van der Waals surface area contributed by atoms with Crippen molar-refractivity contribution in [3.63, 3.8) is 0 Å². The quantitative estimate of drug-likeness (QED) is 0.209. The highest BCUT2D eigenvalue weighted by molar-refractivity contribution is 6.88. The van der Waals surface area contributed by atoms with Gasteiger partial charge in [-0.3, -0.25) is 14.4 Å². The van der Waals surface area contributed by atoms with E-state index in [0.29, 0.717) is 11.1 Å². The molecule has 1 unspecified atom stereocenters. The van der Waals surface area contributed by atoms with E-state index in [1.165, 1.54) is 6.08 Å². The Hall–Kier alpha value is -4.08. The number of aromatic nitrogens is 1. The summed E-state index contributed by atoms with van der Waals surface area (Å²) >= 11 is 0. The number of fused-ring (bicyclic) bond motifs is 2. The molecule has 11 nitrogen and oxygen atoms in total. The second kappa shape index (κ2) is 19.8. The lowest BCUT2D eigenvalue weighted by molar-refractivity contribution is -0.155. The number of oxazole rings is 1. The van der Waals surface area contributed by atoms with E-state index >= 15 is 0 Å². The maximum absolute atomic E-state index is 14.3. The molecule has 1 aromatic carbocycles. The Morgan fingerprint density at radius 3 is 2.16 bits per heavy atom. The first-order valence-corrected chi connectivity index (χ1v) is 26.9. The normalized spacial score (nSPS) is 22.2. The zero-order valence-corrected chi connectivity index (χ0v) is 39.6. The number of ether oxygens (including phenoxy) is 2. The van der Waals surface area contributed by atoms with Crippen molar-refractivity contribution in [3.05, 3.63) is 77.4 Å². The Bertz CT molecular complexity index is 1840. The lowest BCUT2D eigenvalue weighted by Gasteiger charge is -2.38. The van der Waals surface area contributed by atoms with Crippen molar-refractivity contribution in [3.8, 4) is 5.75 Å². The highest BCUT2D eigenvalue weighted by Gasteiger charge is 2.40. The second-order valence-electron chi connectivity index (χ2n) is 19.4. The SMILES string of the molecule is CC1=CC(O[Si](C)(C)C(C)(C)C)CC(=O)Cc2nc(c([Si](C)(C)C)o2)C(=O)N[C@H](Cc2ccc(OC(C)(C)C)cc2)C(=O)O[C@H](C(C)C)[C@H](C)/C=C/C(=O)NCC=C1. The number of hydrogen-bond acceptors (Lipinski definition) is 9. The highest BCUT2D eigenvalue weighted by atomic mass is 28.4. The van der Waals surface area contributed by atoms with E-state index in [1.807, 2.05) is 111 Å². The second-order valence-corrected chi connectivity index (χ2v) is 29.1. The van der Waals surface area contributed by atoms with Gasteiger partial charge in [0.1, 0.15) is 42.7 Å². The molecule has 2 N–H and O–H groups in total. The van der Waals surface area contributed by atoms with Crippen LogP contribution in [0.3, 0.4) is 0 Å². The molecule has 0 aliphatic carbocycles. The summed E-state index contributed by atoms with van der Waals surface area (Å²) in [6.45, 7) is 30.7. The summed E-state index contributed by atoms with van der Waals surface area (Å²) < 4.78 is 25.2. The van der Waals surface area contributed by atoms with Crippen molar-refractivity contribution < 1.29 is 37.5 Å². The fourth-order valence-corrected chi connectivity index (χ4v) is 8.75. The van der Waals surface area contributed by atoms with Crippen molar-refractivity contribution in [2.45, 2.75) is 150 Å². The molecule has 2 heterocycles. The number of esters is 1. The van der Waals surface area contributed by atoms with Crippen molar-refractivity contribution in [1.29, 1.82) is 0 Å². The molecule has 1 aromatic heterocycles. The number of Topliss-reactive ketones (excluding diaryl/α,β-unsaturated/α-hetero) is 1. The van der Waals surface area contributed by atoms with Crippen LogP contribution in [0.1, 0.15) is 97.6 Å². The molecule has 4 atom stereocenters. The van der Waals surface area contributed by atoms with Gasteiger partial charge in [0.15, 0.2) is 14.0 Å². The third-order valence-electron chi connectivity index (χ3n) is 10.2. The van der Waals surface area contributed by atoms with Gasteiger partial charge in [-0.25, -0.2) is 9.78 Å². The Kier molecular flexibility index (Phi) is 16.5. The number of rotatable bonds is 7. The van der Waals surface area contributed by atoms with Gasteiger partial charge in [0.25, 0.3) is 5.91 Å². The van der Waals surface area contributed by atoms with Crippen LogP contribution in [0.4, 0.5) is 0 Å². The van der Waals surface area contributed by atoms with Gasteiger partial charge in [0.2, 0.25) is 11.8 Å². The van der Waals surface area contributed by atoms with Gasteiger partial charge in [0.05, 0.1) is 12.5 Å². The molecule has 0 fully saturated rings. The lowest BCUT2D eigenvalue weighted by atomic mass is 9.94. The largest absolute Gasteiger partial charge is 0.488 e. The number of benzene rings is 1. The van der Waals surface area contributed by atoms with Crippen molar-refractivity contribution in [2.75, 3.05) is 6.54 Å². The van der Waals surface area contributed by atoms with E-state index < -0.39 is 52.1 Å². The fraction of sp³-hybridized carbons (Fsp3) is 0.578. The van der Waals surface area contributed by atoms with Crippen LogP contribution in [0.25, 0.3) is 0 Å². The Morgan fingerprint density at radius 2 is 1.59 bits per heavy atom. The number of ketones is 1. The summed E-state index contributed by atoms with van der Waals surface area (Å²) in [6, 6.07) is 6.28. The van der Waals surface area contributed by atoms with Gasteiger partial charge in [0, 0.05) is 25.3 Å². The average molecular weight is 836 g/mol. The van der Waals surface area contributed by atoms with Gasteiger partial charge in [-0.05, 0) is 75.5 Å². The molecule has 0 radical (unpaired) electrons. The number of nitrogens with zero attached hydrogens (tertiary/aromatic N) is 1. The van der Waals surface area contributed by atoms with Crippen LogP contribution in [0.5, 0.6) is 5.75 Å². The third kappa shape index (κ3) is 14.9. The minimum absolute atomic E-state index is 0.0600. The first-order valence-electron chi connectivity index (χ1n) is 20.4. The van der Waals surface area contributed by atoms with E-state index in [0.717, 1.165) is 11.1 Å². The van der Waals surface area contributed by atoms with Gasteiger partial charge in [-0.2, -0.15) is 0 Å². The summed E-state index contributed by atoms with van der Waals surface area (Å²) in [5.41, 5.74) is 1.33. The van der Waals surface area contributed by atoms with Crippen LogP contribution in [-0.4, -0.2) is 75.3 Å². The predicted octanol–water partition coefficient (Wildman–Crippen LogP) is 8.02. The smallest absolute Gasteiger partial charge is 0.329 e. The van der Waals surface area contributed by atoms with Crippen molar-refractivity contribution in [2.24, 2.45) is 11.8 Å². The molecular formula is C45H69N3O8Si2. The van der Waals surface area contributed by atoms with Gasteiger partial charge >= 0.3 is 5.97 Å². The minimum atomic E-state index is -2.34. The molecule has 2 aromatic rings. The number of carbonyl (C=O) groups is 4. The van der Waals surface area contributed by atoms with Gasteiger partial charge in [-0.1, -0.05) is 103 Å². The van der Waals surface area contributed by atoms with Gasteiger partial charge in [-0.15, -0.1) is 0 Å². The third-order valence-corrected chi connectivity index (χ3v) is 16.4. The minimum Gasteiger partial charge on any atom is -0.488 e. The molecule has 3 rings (SSSR count). The molecule has 320 valence electrons. The molecule has 13 heteroatoms. The van der Waals surface area contributed by atoms with E-state index in [1.54, 1.807) is 6.08 Å². The summed E-state index contributed by atoms with van der Waals surface area (Å²) in [7, 11) is -4.64. The molecule has 1 aliphatic heterocycles. The zero-order chi connectivity index (χ0) is 43.8. The van der Waals surface area contributed by atoms with E-state index in [-0.39, 0.29) is 66.0 Å². The molecule has 0 spiro atoms. The maximum Gasteiger partial charge on any atom is 0.329 e. The standard InChI is InChI=1S/C45H69N3O8Si2/c1-29(2)40-31(4)18-23-37(50)46-24-16-17-30(3)25-35(56-58(14,15)45(8,9)10)27-33(49)28-38-48-39(43(53-38)57(11,12)13)41(51)47-36(42(52)54-40)26-32-19-21-34(22-20-32)55-44(5,6)7/h16-23,25,29,31,35-36,40H,24,26-28H2,1-15H3,(H,46,50)(H,47,51)/b17-16?,23-18+,30-25?/t31-,35?,36-,40-/m1/s1. The summed E-state index contributed by atoms with van der Waals surface area (Å²) in [5.74, 6) is -1.28. The maximum atomic E-state index is 14.3. The van der Waals surface area contributed by atoms with Crippen LogP contribution in [0.2, 0.25) is 37.8 Å². The molecule has 1 aliphatic rings. The molecule has 0 saturated heterocycles. The number of nitrogens with one attached hydrogen (secondary N) is 2. The summed E-state index contributed by atoms with van der Waals surface area (Å²) in [4.78, 5) is 59.7. The first-order chi connectivity index (χ1) is 26.6. The predicted molar refractivity (Wildman–Crippen MR) is 236 cm³/mol. The Morgan fingerprint density at radius 1 is 0.948 bits per heavy atom. The zero-order valence-electron chi connectivity index (χ0n) is 37.6. The number of allylic oxidation sites excluding steroid dienone is 2. The van der Waals surface area contributed by atoms with Crippen molar-refractivity contribution >= 4 is 45.3 Å². The van der Waals surface area contributed by atoms with Crippen molar-refractivity contribution in [1.82, 2.24) is 15.6 Å². The monoisotopic (exact) mass is 835 g/mol. The molecular weight excluding hydrogens is 767 g/mol. The lowest BCUT2D eigenvalue weighted by Crippen LogP contribution is -2.48. The van der Waals surface area contributed by atoms with Crippen LogP contribution in [-0.2, 0) is 36.4 Å². The average Bonchev–Trinajstić information content (AvgIpc) is 3.51. The number of carbonyl (C=O) groups excluding carboxylic acids is 4.